The summed E-state index contributed by atoms with van der Waals surface area (Å²) in [5, 5.41) is 29.5. The predicted molar refractivity (Wildman–Crippen MR) is 43.8 cm³/mol. The number of aliphatic hydroxyl groups excluding tert-OH is 1. The van der Waals surface area contributed by atoms with Gasteiger partial charge in [0.25, 0.3) is 0 Å². The van der Waals surface area contributed by atoms with E-state index in [0.29, 0.717) is 13.0 Å². The van der Waals surface area contributed by atoms with Gasteiger partial charge in [-0.05, 0) is 18.3 Å². The molecule has 2 N–H and O–H groups in total. The van der Waals surface area contributed by atoms with Crippen molar-refractivity contribution in [2.75, 3.05) is 6.61 Å². The van der Waals surface area contributed by atoms with Crippen LogP contribution in [0.5, 0.6) is 0 Å². The second kappa shape index (κ2) is 5.82. The fourth-order valence-corrected chi connectivity index (χ4v) is 2.87. The van der Waals surface area contributed by atoms with E-state index in [2.05, 4.69) is 0 Å². The molecular formula is C7H15NaO4Si. The van der Waals surface area contributed by atoms with Crippen LogP contribution in [0.15, 0.2) is 0 Å². The van der Waals surface area contributed by atoms with E-state index >= 15 is 0 Å². The number of hydrogen-bond donors (Lipinski definition) is 2. The number of rotatable bonds is 2. The fraction of sp³-hybridized carbons (Fsp3) is 1.00. The third-order valence-electron chi connectivity index (χ3n) is 2.41. The van der Waals surface area contributed by atoms with Crippen molar-refractivity contribution in [1.82, 2.24) is 0 Å². The zero-order chi connectivity index (χ0) is 9.19. The summed E-state index contributed by atoms with van der Waals surface area (Å²) < 4.78 is 5.07. The van der Waals surface area contributed by atoms with Gasteiger partial charge in [-0.1, -0.05) is 13.0 Å². The monoisotopic (exact) mass is 214 g/mol. The van der Waals surface area contributed by atoms with Crippen molar-refractivity contribution in [3.8, 4) is 0 Å². The zero-order valence-corrected chi connectivity index (χ0v) is 11.3. The van der Waals surface area contributed by atoms with Crippen LogP contribution in [0, 0.1) is 0 Å². The summed E-state index contributed by atoms with van der Waals surface area (Å²) in [6.07, 6.45) is 2.18. The minimum absolute atomic E-state index is 0. The zero-order valence-electron chi connectivity index (χ0n) is 8.19. The van der Waals surface area contributed by atoms with Gasteiger partial charge in [0.15, 0.2) is 0 Å². The molecule has 1 aliphatic heterocycles. The number of aliphatic hydroxyl groups is 2. The van der Waals surface area contributed by atoms with Crippen LogP contribution in [0.3, 0.4) is 0 Å². The van der Waals surface area contributed by atoms with Crippen LogP contribution >= 0.6 is 0 Å². The second-order valence-corrected chi connectivity index (χ2v) is 6.37. The van der Waals surface area contributed by atoms with Crippen LogP contribution in [-0.4, -0.2) is 36.9 Å². The van der Waals surface area contributed by atoms with E-state index in [1.54, 1.807) is 6.55 Å². The van der Waals surface area contributed by atoms with Crippen molar-refractivity contribution in [2.45, 2.75) is 37.1 Å². The smallest absolute Gasteiger partial charge is 0.831 e. The Morgan fingerprint density at radius 1 is 1.46 bits per heavy atom. The summed E-state index contributed by atoms with van der Waals surface area (Å²) in [6.45, 7) is 2.11. The molecule has 0 aromatic heterocycles. The molecular weight excluding hydrogens is 199 g/mol. The first-order chi connectivity index (χ1) is 5.56. The minimum Gasteiger partial charge on any atom is -0.831 e. The van der Waals surface area contributed by atoms with Crippen molar-refractivity contribution < 1.29 is 49.6 Å². The fourth-order valence-electron chi connectivity index (χ4n) is 1.38. The van der Waals surface area contributed by atoms with Crippen molar-refractivity contribution in [3.05, 3.63) is 0 Å². The first-order valence-corrected chi connectivity index (χ1v) is 6.66. The van der Waals surface area contributed by atoms with E-state index in [1.165, 1.54) is 0 Å². The summed E-state index contributed by atoms with van der Waals surface area (Å²) in [4.78, 5) is 0. The quantitative estimate of drug-likeness (QED) is 0.359. The maximum Gasteiger partial charge on any atom is 1.00 e. The van der Waals surface area contributed by atoms with Gasteiger partial charge in [-0.25, -0.2) is 0 Å². The Kier molecular flexibility index (Phi) is 6.29. The van der Waals surface area contributed by atoms with Crippen molar-refractivity contribution in [1.29, 1.82) is 0 Å². The van der Waals surface area contributed by atoms with Gasteiger partial charge < -0.3 is 20.1 Å². The molecule has 1 saturated heterocycles. The molecule has 4 nitrogen and oxygen atoms in total. The molecule has 0 radical (unpaired) electrons. The SMILES string of the molecule is C[SiH](C(O)O)C1([O-])CCCCO1.[Na+]. The molecule has 0 amide bonds. The Balaban J connectivity index is 0.00000144. The van der Waals surface area contributed by atoms with E-state index in [4.69, 9.17) is 14.9 Å². The van der Waals surface area contributed by atoms with E-state index in [-0.39, 0.29) is 29.6 Å². The third kappa shape index (κ3) is 3.60. The molecule has 0 aromatic carbocycles. The van der Waals surface area contributed by atoms with Crippen LogP contribution in [0.2, 0.25) is 6.55 Å². The molecule has 1 heterocycles. The Hall–Kier alpha value is 1.06. The number of hydrogen-bond acceptors (Lipinski definition) is 4. The Morgan fingerprint density at radius 3 is 2.46 bits per heavy atom. The van der Waals surface area contributed by atoms with E-state index in [1.807, 2.05) is 0 Å². The molecule has 0 saturated carbocycles. The van der Waals surface area contributed by atoms with E-state index < -0.39 is 20.1 Å². The Bertz CT molecular complexity index is 149. The molecule has 1 rings (SSSR count). The first kappa shape index (κ1) is 14.1. The number of ether oxygens (including phenoxy) is 1. The summed E-state index contributed by atoms with van der Waals surface area (Å²) in [5.41, 5.74) is -1.45. The second-order valence-electron chi connectivity index (χ2n) is 3.32. The molecule has 1 fully saturated rings. The van der Waals surface area contributed by atoms with Gasteiger partial charge in [-0.3, -0.25) is 0 Å². The van der Waals surface area contributed by atoms with Crippen LogP contribution in [0.4, 0.5) is 0 Å². The van der Waals surface area contributed by atoms with Gasteiger partial charge in [0.05, 0.1) is 0 Å². The van der Waals surface area contributed by atoms with Crippen LogP contribution < -0.4 is 34.7 Å². The molecule has 72 valence electrons. The molecule has 0 bridgehead atoms. The van der Waals surface area contributed by atoms with Gasteiger partial charge in [-0.2, -0.15) is 0 Å². The molecule has 13 heavy (non-hydrogen) atoms. The minimum atomic E-state index is -2.14. The van der Waals surface area contributed by atoms with Crippen molar-refractivity contribution in [2.24, 2.45) is 0 Å². The molecule has 0 aliphatic carbocycles. The Labute approximate surface area is 102 Å². The molecule has 6 heteroatoms. The maximum absolute atomic E-state index is 11.8. The standard InChI is InChI=1S/C7H15O4Si.Na/c1-12(6(8)9)7(10)4-2-3-5-11-7;/h6,8-9,12H,2-5H2,1H3;/q-1;+1. The Morgan fingerprint density at radius 2 is 2.08 bits per heavy atom. The summed E-state index contributed by atoms with van der Waals surface area (Å²) in [6, 6.07) is 0. The van der Waals surface area contributed by atoms with Crippen molar-refractivity contribution in [3.63, 3.8) is 0 Å². The predicted octanol–water partition coefficient (Wildman–Crippen LogP) is -4.51. The van der Waals surface area contributed by atoms with Gasteiger partial charge >= 0.3 is 29.6 Å². The maximum atomic E-state index is 11.8. The molecule has 2 unspecified atom stereocenters. The normalized spacial score (nSPS) is 31.2. The molecule has 2 atom stereocenters. The average Bonchev–Trinajstić information content (AvgIpc) is 2.04. The largest absolute Gasteiger partial charge is 1.00 e. The molecule has 0 aromatic rings. The van der Waals surface area contributed by atoms with Crippen LogP contribution in [0.1, 0.15) is 19.3 Å². The summed E-state index contributed by atoms with van der Waals surface area (Å²) in [7, 11) is -2.14. The van der Waals surface area contributed by atoms with Gasteiger partial charge in [0.2, 0.25) is 0 Å². The molecule has 0 spiro atoms. The van der Waals surface area contributed by atoms with Gasteiger partial charge in [-0.15, -0.1) is 0 Å². The first-order valence-electron chi connectivity index (χ1n) is 4.27. The summed E-state index contributed by atoms with van der Waals surface area (Å²) >= 11 is 0. The molecule has 1 aliphatic rings. The van der Waals surface area contributed by atoms with E-state index in [9.17, 15) is 5.11 Å². The van der Waals surface area contributed by atoms with E-state index in [0.717, 1.165) is 12.8 Å². The van der Waals surface area contributed by atoms with Crippen molar-refractivity contribution >= 4 is 8.80 Å². The van der Waals surface area contributed by atoms with Gasteiger partial charge in [0, 0.05) is 6.61 Å². The van der Waals surface area contributed by atoms with Crippen LogP contribution in [0.25, 0.3) is 0 Å². The third-order valence-corrected chi connectivity index (χ3v) is 5.14. The topological polar surface area (TPSA) is 72.8 Å². The summed E-state index contributed by atoms with van der Waals surface area (Å²) in [5.74, 6) is -1.44. The van der Waals surface area contributed by atoms with Crippen LogP contribution in [-0.2, 0) is 4.74 Å². The van der Waals surface area contributed by atoms with Gasteiger partial charge in [0.1, 0.15) is 14.7 Å². The average molecular weight is 214 g/mol.